The smallest absolute Gasteiger partial charge is 0.247 e. The number of benzene rings is 1. The molecule has 0 radical (unpaired) electrons. The van der Waals surface area contributed by atoms with Crippen LogP contribution in [0.5, 0.6) is 0 Å². The third kappa shape index (κ3) is 3.76. The van der Waals surface area contributed by atoms with Crippen molar-refractivity contribution in [1.29, 1.82) is 0 Å². The van der Waals surface area contributed by atoms with Crippen LogP contribution in [0.1, 0.15) is 12.5 Å². The van der Waals surface area contributed by atoms with Gasteiger partial charge in [-0.15, -0.1) is 0 Å². The van der Waals surface area contributed by atoms with Crippen molar-refractivity contribution >= 4 is 35.0 Å². The van der Waals surface area contributed by atoms with Crippen molar-refractivity contribution in [3.05, 3.63) is 40.9 Å². The van der Waals surface area contributed by atoms with Crippen LogP contribution in [-0.2, 0) is 14.4 Å². The minimum atomic E-state index is -0.828. The predicted octanol–water partition coefficient (Wildman–Crippen LogP) is 1.59. The van der Waals surface area contributed by atoms with E-state index >= 15 is 0 Å². The Morgan fingerprint density at radius 3 is 2.59 bits per heavy atom. The lowest BCUT2D eigenvalue weighted by atomic mass is 9.70. The summed E-state index contributed by atoms with van der Waals surface area (Å²) in [5.41, 5.74) is 1.30. The van der Waals surface area contributed by atoms with Gasteiger partial charge >= 0.3 is 0 Å². The fourth-order valence-corrected chi connectivity index (χ4v) is 4.76. The number of hydrogen-bond acceptors (Lipinski definition) is 4. The first kappa shape index (κ1) is 21.3. The van der Waals surface area contributed by atoms with Gasteiger partial charge in [0.15, 0.2) is 0 Å². The highest BCUT2D eigenvalue weighted by atomic mass is 35.5. The molecule has 0 bridgehead atoms. The molecule has 1 saturated heterocycles. The van der Waals surface area contributed by atoms with Gasteiger partial charge in [-0.3, -0.25) is 14.4 Å². The summed E-state index contributed by atoms with van der Waals surface area (Å²) < 4.78 is 0. The van der Waals surface area contributed by atoms with E-state index in [0.29, 0.717) is 10.7 Å². The number of likely N-dealkylation sites (tertiary alicyclic amines) is 1. The number of β-amino-alcohol motifs (C(OH)–C–C–N with tert-alkyl or cyclic N) is 1. The maximum atomic E-state index is 13.3. The number of carbonyl (C=O) groups is 3. The second-order valence-electron chi connectivity index (χ2n) is 7.61. The number of aryl methyl sites for hydroxylation is 1. The molecule has 1 fully saturated rings. The average Bonchev–Trinajstić information content (AvgIpc) is 2.96. The molecule has 3 rings (SSSR count). The van der Waals surface area contributed by atoms with E-state index in [1.54, 1.807) is 12.1 Å². The number of nitrogens with zero attached hydrogens (tertiary/aromatic N) is 1. The topological polar surface area (TPSA) is 98.7 Å². The molecule has 5 atom stereocenters. The number of halogens is 1. The molecule has 1 aliphatic carbocycles. The van der Waals surface area contributed by atoms with Crippen LogP contribution >= 0.6 is 11.6 Å². The van der Waals surface area contributed by atoms with Gasteiger partial charge in [-0.05, 0) is 24.5 Å². The largest absolute Gasteiger partial charge is 0.395 e. The number of rotatable bonds is 5. The van der Waals surface area contributed by atoms with Gasteiger partial charge in [0.1, 0.15) is 6.04 Å². The van der Waals surface area contributed by atoms with Crippen molar-refractivity contribution in [3.8, 4) is 0 Å². The van der Waals surface area contributed by atoms with E-state index in [1.807, 2.05) is 32.1 Å². The molecule has 0 unspecified atom stereocenters. The Balaban J connectivity index is 1.98. The first-order valence-corrected chi connectivity index (χ1v) is 10.1. The first-order chi connectivity index (χ1) is 13.8. The highest BCUT2D eigenvalue weighted by Crippen LogP contribution is 2.44. The summed E-state index contributed by atoms with van der Waals surface area (Å²) in [4.78, 5) is 40.3. The summed E-state index contributed by atoms with van der Waals surface area (Å²) in [6, 6.07) is 4.48. The number of aliphatic hydroxyl groups excluding tert-OH is 1. The number of hydrogen-bond donors (Lipinski definition) is 3. The summed E-state index contributed by atoms with van der Waals surface area (Å²) in [5.74, 6) is -2.71. The van der Waals surface area contributed by atoms with Crippen LogP contribution in [0.2, 0.25) is 5.02 Å². The molecule has 1 aromatic rings. The molecule has 3 N–H and O–H groups in total. The van der Waals surface area contributed by atoms with E-state index in [2.05, 4.69) is 10.6 Å². The summed E-state index contributed by atoms with van der Waals surface area (Å²) in [6.45, 7) is 3.47. The summed E-state index contributed by atoms with van der Waals surface area (Å²) in [7, 11) is 1.54. The van der Waals surface area contributed by atoms with Crippen molar-refractivity contribution < 1.29 is 19.5 Å². The Morgan fingerprint density at radius 2 is 1.97 bits per heavy atom. The van der Waals surface area contributed by atoms with Gasteiger partial charge in [-0.1, -0.05) is 42.8 Å². The molecular formula is C21H26ClN3O4. The number of aliphatic hydroxyl groups is 1. The minimum absolute atomic E-state index is 0.0219. The van der Waals surface area contributed by atoms with Crippen LogP contribution in [0.25, 0.3) is 0 Å². The van der Waals surface area contributed by atoms with Crippen LogP contribution in [0.4, 0.5) is 5.69 Å². The Bertz CT molecular complexity index is 836. The zero-order valence-electron chi connectivity index (χ0n) is 16.7. The van der Waals surface area contributed by atoms with E-state index in [9.17, 15) is 19.5 Å². The molecule has 2 aliphatic rings. The van der Waals surface area contributed by atoms with Gasteiger partial charge < -0.3 is 20.6 Å². The Hall–Kier alpha value is -2.38. The van der Waals surface area contributed by atoms with Crippen LogP contribution in [0.3, 0.4) is 0 Å². The van der Waals surface area contributed by atoms with Crippen molar-refractivity contribution in [2.45, 2.75) is 19.9 Å². The quantitative estimate of drug-likeness (QED) is 0.631. The van der Waals surface area contributed by atoms with Gasteiger partial charge in [0.25, 0.3) is 0 Å². The third-order valence-electron chi connectivity index (χ3n) is 5.90. The maximum absolute atomic E-state index is 13.3. The molecule has 0 spiro atoms. The number of nitrogens with one attached hydrogen (secondary N) is 2. The predicted molar refractivity (Wildman–Crippen MR) is 110 cm³/mol. The zero-order chi connectivity index (χ0) is 21.3. The fourth-order valence-electron chi connectivity index (χ4n) is 4.49. The fraction of sp³-hybridized carbons (Fsp3) is 0.476. The average molecular weight is 420 g/mol. The van der Waals surface area contributed by atoms with Crippen molar-refractivity contribution in [2.75, 3.05) is 25.5 Å². The van der Waals surface area contributed by atoms with E-state index in [4.69, 9.17) is 11.6 Å². The molecule has 1 aliphatic heterocycles. The minimum Gasteiger partial charge on any atom is -0.395 e. The first-order valence-electron chi connectivity index (χ1n) is 9.69. The van der Waals surface area contributed by atoms with E-state index in [1.165, 1.54) is 11.9 Å². The molecule has 1 heterocycles. The maximum Gasteiger partial charge on any atom is 0.247 e. The molecule has 1 aromatic carbocycles. The van der Waals surface area contributed by atoms with Crippen molar-refractivity contribution in [1.82, 2.24) is 10.2 Å². The Morgan fingerprint density at radius 1 is 1.24 bits per heavy atom. The van der Waals surface area contributed by atoms with Crippen molar-refractivity contribution in [3.63, 3.8) is 0 Å². The number of carbonyl (C=O) groups excluding carboxylic acids is 3. The van der Waals surface area contributed by atoms with Gasteiger partial charge in [0.05, 0.1) is 29.2 Å². The lowest BCUT2D eigenvalue weighted by Gasteiger charge is -2.32. The van der Waals surface area contributed by atoms with Crippen LogP contribution < -0.4 is 10.6 Å². The number of amides is 3. The SMILES string of the molecule is CNC(=O)[C@H]1[C@@H]2C(=O)N(CCO)[C@H](C(=O)Nc3c(C)cccc3Cl)[C@H]2C=C[C@H]1C. The molecule has 7 nitrogen and oxygen atoms in total. The van der Waals surface area contributed by atoms with Crippen LogP contribution in [0, 0.1) is 30.6 Å². The van der Waals surface area contributed by atoms with E-state index in [0.717, 1.165) is 5.56 Å². The molecule has 3 amide bonds. The lowest BCUT2D eigenvalue weighted by molar-refractivity contribution is -0.140. The monoisotopic (exact) mass is 419 g/mol. The van der Waals surface area contributed by atoms with Gasteiger partial charge in [0, 0.05) is 19.5 Å². The summed E-state index contributed by atoms with van der Waals surface area (Å²) in [6.07, 6.45) is 3.74. The molecular weight excluding hydrogens is 394 g/mol. The zero-order valence-corrected chi connectivity index (χ0v) is 17.4. The van der Waals surface area contributed by atoms with E-state index in [-0.39, 0.29) is 36.8 Å². The van der Waals surface area contributed by atoms with Crippen LogP contribution in [-0.4, -0.2) is 54.0 Å². The van der Waals surface area contributed by atoms with Gasteiger partial charge in [-0.25, -0.2) is 0 Å². The number of allylic oxidation sites excluding steroid dienone is 1. The van der Waals surface area contributed by atoms with Gasteiger partial charge in [-0.2, -0.15) is 0 Å². The van der Waals surface area contributed by atoms with Crippen LogP contribution in [0.15, 0.2) is 30.4 Å². The normalized spacial score (nSPS) is 28.2. The third-order valence-corrected chi connectivity index (χ3v) is 6.22. The summed E-state index contributed by atoms with van der Waals surface area (Å²) >= 11 is 6.24. The highest BCUT2D eigenvalue weighted by Gasteiger charge is 2.56. The standard InChI is InChI=1S/C21H26ClN3O4/c1-11-7-8-13-16(15(11)19(27)23-3)21(29)25(9-10-26)18(13)20(28)24-17-12(2)5-4-6-14(17)22/h4-8,11,13,15-16,18,26H,9-10H2,1-3H3,(H,23,27)(H,24,28)/t11-,13+,15-,16-,18+/m1/s1. The van der Waals surface area contributed by atoms with Crippen molar-refractivity contribution in [2.24, 2.45) is 23.7 Å². The molecule has 8 heteroatoms. The van der Waals surface area contributed by atoms with Gasteiger partial charge in [0.2, 0.25) is 17.7 Å². The number of anilines is 1. The molecule has 0 saturated carbocycles. The number of fused-ring (bicyclic) bond motifs is 1. The second kappa shape index (κ2) is 8.55. The molecule has 156 valence electrons. The number of para-hydroxylation sites is 1. The second-order valence-corrected chi connectivity index (χ2v) is 8.02. The van der Waals surface area contributed by atoms with E-state index < -0.39 is 23.8 Å². The Kier molecular flexibility index (Phi) is 6.29. The summed E-state index contributed by atoms with van der Waals surface area (Å²) in [5, 5.41) is 15.4. The molecule has 0 aromatic heterocycles. The molecule has 29 heavy (non-hydrogen) atoms. The highest BCUT2D eigenvalue weighted by molar-refractivity contribution is 6.34. The Labute approximate surface area is 175 Å². The lowest BCUT2D eigenvalue weighted by Crippen LogP contribution is -2.45.